The Morgan fingerprint density at radius 2 is 1.89 bits per heavy atom. The highest BCUT2D eigenvalue weighted by Gasteiger charge is 2.03. The van der Waals surface area contributed by atoms with Gasteiger partial charge in [0.1, 0.15) is 11.8 Å². The average Bonchev–Trinajstić information content (AvgIpc) is 2.41. The fourth-order valence-corrected chi connectivity index (χ4v) is 2.18. The van der Waals surface area contributed by atoms with Crippen molar-refractivity contribution in [2.45, 2.75) is 0 Å². The molecule has 0 radical (unpaired) electrons. The molecule has 2 aromatic carbocycles. The van der Waals surface area contributed by atoms with Crippen molar-refractivity contribution in [1.29, 1.82) is 5.26 Å². The van der Waals surface area contributed by atoms with Gasteiger partial charge in [-0.1, -0.05) is 0 Å². The second-order valence-electron chi connectivity index (χ2n) is 3.89. The summed E-state index contributed by atoms with van der Waals surface area (Å²) in [5.41, 5.74) is 8.31. The molecule has 2 rings (SSSR count). The van der Waals surface area contributed by atoms with Gasteiger partial charge >= 0.3 is 0 Å². The van der Waals surface area contributed by atoms with Gasteiger partial charge in [0.05, 0.1) is 17.1 Å². The summed E-state index contributed by atoms with van der Waals surface area (Å²) in [6, 6.07) is 13.0. The van der Waals surface area contributed by atoms with E-state index in [0.717, 1.165) is 21.6 Å². The van der Waals surface area contributed by atoms with Crippen LogP contribution >= 0.6 is 15.9 Å². The number of benzene rings is 2. The number of halogens is 1. The number of anilines is 3. The van der Waals surface area contributed by atoms with Gasteiger partial charge in [-0.05, 0) is 52.3 Å². The van der Waals surface area contributed by atoms with Crippen LogP contribution in [0.2, 0.25) is 0 Å². The van der Waals surface area contributed by atoms with Crippen LogP contribution in [-0.2, 0) is 0 Å². The number of nitrogens with two attached hydrogens (primary N) is 1. The summed E-state index contributed by atoms with van der Waals surface area (Å²) in [4.78, 5) is 0. The van der Waals surface area contributed by atoms with Gasteiger partial charge in [0.15, 0.2) is 0 Å². The Bertz CT molecular complexity index is 650. The van der Waals surface area contributed by atoms with E-state index < -0.39 is 0 Å². The van der Waals surface area contributed by atoms with Crippen LogP contribution in [0.4, 0.5) is 17.1 Å². The van der Waals surface area contributed by atoms with Crippen LogP contribution in [0.5, 0.6) is 5.75 Å². The molecule has 0 atom stereocenters. The van der Waals surface area contributed by atoms with E-state index in [1.54, 1.807) is 19.2 Å². The third-order valence-electron chi connectivity index (χ3n) is 2.61. The molecule has 0 saturated carbocycles. The Morgan fingerprint density at radius 3 is 2.53 bits per heavy atom. The van der Waals surface area contributed by atoms with Crippen LogP contribution in [0.1, 0.15) is 5.56 Å². The standard InChI is InChI=1S/C14H12BrN3O/c1-19-14-5-3-11(7-12(14)15)18-10-2-4-13(17)9(6-10)8-16/h2-7,18H,17H2,1H3. The van der Waals surface area contributed by atoms with Crippen LogP contribution in [0.15, 0.2) is 40.9 Å². The first-order valence-electron chi connectivity index (χ1n) is 5.54. The van der Waals surface area contributed by atoms with Crippen LogP contribution in [0.25, 0.3) is 0 Å². The van der Waals surface area contributed by atoms with Gasteiger partial charge in [-0.25, -0.2) is 0 Å². The van der Waals surface area contributed by atoms with E-state index in [-0.39, 0.29) is 0 Å². The smallest absolute Gasteiger partial charge is 0.133 e. The Hall–Kier alpha value is -2.19. The molecule has 0 amide bonds. The predicted molar refractivity (Wildman–Crippen MR) is 79.5 cm³/mol. The Kier molecular flexibility index (Phi) is 3.93. The second-order valence-corrected chi connectivity index (χ2v) is 4.74. The quantitative estimate of drug-likeness (QED) is 0.847. The first kappa shape index (κ1) is 13.2. The van der Waals surface area contributed by atoms with Crippen LogP contribution in [-0.4, -0.2) is 7.11 Å². The number of rotatable bonds is 3. The van der Waals surface area contributed by atoms with E-state index in [9.17, 15) is 0 Å². The fraction of sp³-hybridized carbons (Fsp3) is 0.0714. The molecule has 0 spiro atoms. The van der Waals surface area contributed by atoms with Crippen molar-refractivity contribution in [3.05, 3.63) is 46.4 Å². The zero-order valence-electron chi connectivity index (χ0n) is 10.3. The maximum atomic E-state index is 8.94. The Morgan fingerprint density at radius 1 is 1.21 bits per heavy atom. The normalized spacial score (nSPS) is 9.74. The molecule has 4 nitrogen and oxygen atoms in total. The Labute approximate surface area is 119 Å². The van der Waals surface area contributed by atoms with Crippen molar-refractivity contribution >= 4 is 33.0 Å². The summed E-state index contributed by atoms with van der Waals surface area (Å²) in [6.45, 7) is 0. The van der Waals surface area contributed by atoms with Gasteiger partial charge in [-0.15, -0.1) is 0 Å². The van der Waals surface area contributed by atoms with Gasteiger partial charge in [-0.2, -0.15) is 5.26 Å². The van der Waals surface area contributed by atoms with E-state index in [1.165, 1.54) is 0 Å². The van der Waals surface area contributed by atoms with Gasteiger partial charge < -0.3 is 15.8 Å². The molecule has 0 heterocycles. The van der Waals surface area contributed by atoms with Crippen LogP contribution in [0, 0.1) is 11.3 Å². The van der Waals surface area contributed by atoms with Gasteiger partial charge in [0, 0.05) is 17.1 Å². The van der Waals surface area contributed by atoms with Crippen molar-refractivity contribution in [3.63, 3.8) is 0 Å². The lowest BCUT2D eigenvalue weighted by Crippen LogP contribution is -1.95. The van der Waals surface area contributed by atoms with Crippen molar-refractivity contribution in [1.82, 2.24) is 0 Å². The molecule has 3 N–H and O–H groups in total. The fourth-order valence-electron chi connectivity index (χ4n) is 1.64. The summed E-state index contributed by atoms with van der Waals surface area (Å²) in [7, 11) is 1.62. The summed E-state index contributed by atoms with van der Waals surface area (Å²) >= 11 is 3.42. The minimum atomic E-state index is 0.456. The second kappa shape index (κ2) is 5.63. The molecule has 0 unspecified atom stereocenters. The van der Waals surface area contributed by atoms with Crippen molar-refractivity contribution in [2.75, 3.05) is 18.2 Å². The van der Waals surface area contributed by atoms with E-state index in [0.29, 0.717) is 11.3 Å². The molecular weight excluding hydrogens is 306 g/mol. The first-order valence-corrected chi connectivity index (χ1v) is 6.33. The minimum Gasteiger partial charge on any atom is -0.496 e. The molecule has 0 bridgehead atoms. The lowest BCUT2D eigenvalue weighted by Gasteiger charge is -2.10. The lowest BCUT2D eigenvalue weighted by molar-refractivity contribution is 0.412. The highest BCUT2D eigenvalue weighted by Crippen LogP contribution is 2.29. The topological polar surface area (TPSA) is 71.1 Å². The Balaban J connectivity index is 2.26. The van der Waals surface area contributed by atoms with E-state index in [4.69, 9.17) is 15.7 Å². The summed E-state index contributed by atoms with van der Waals surface area (Å²) < 4.78 is 6.03. The summed E-state index contributed by atoms with van der Waals surface area (Å²) in [5.74, 6) is 0.764. The monoisotopic (exact) mass is 317 g/mol. The molecule has 0 saturated heterocycles. The van der Waals surface area contributed by atoms with Gasteiger partial charge in [-0.3, -0.25) is 0 Å². The number of nitrogens with one attached hydrogen (secondary N) is 1. The highest BCUT2D eigenvalue weighted by molar-refractivity contribution is 9.10. The van der Waals surface area contributed by atoms with Crippen molar-refractivity contribution in [3.8, 4) is 11.8 Å². The number of ether oxygens (including phenoxy) is 1. The molecule has 96 valence electrons. The molecular formula is C14H12BrN3O. The number of nitrogen functional groups attached to an aromatic ring is 1. The highest BCUT2D eigenvalue weighted by atomic mass is 79.9. The zero-order valence-corrected chi connectivity index (χ0v) is 11.9. The minimum absolute atomic E-state index is 0.456. The maximum Gasteiger partial charge on any atom is 0.133 e. The summed E-state index contributed by atoms with van der Waals surface area (Å²) in [5, 5.41) is 12.1. The summed E-state index contributed by atoms with van der Waals surface area (Å²) in [6.07, 6.45) is 0. The van der Waals surface area contributed by atoms with Gasteiger partial charge in [0.2, 0.25) is 0 Å². The lowest BCUT2D eigenvalue weighted by atomic mass is 10.1. The van der Waals surface area contributed by atoms with Gasteiger partial charge in [0.25, 0.3) is 0 Å². The van der Waals surface area contributed by atoms with Crippen molar-refractivity contribution in [2.24, 2.45) is 0 Å². The molecule has 0 aliphatic rings. The zero-order chi connectivity index (χ0) is 13.8. The van der Waals surface area contributed by atoms with Crippen LogP contribution < -0.4 is 15.8 Å². The van der Waals surface area contributed by atoms with Crippen LogP contribution in [0.3, 0.4) is 0 Å². The molecule has 19 heavy (non-hydrogen) atoms. The molecule has 2 aromatic rings. The van der Waals surface area contributed by atoms with E-state index >= 15 is 0 Å². The third-order valence-corrected chi connectivity index (χ3v) is 3.23. The van der Waals surface area contributed by atoms with E-state index in [2.05, 4.69) is 27.3 Å². The number of hydrogen-bond donors (Lipinski definition) is 2. The SMILES string of the molecule is COc1ccc(Nc2ccc(N)c(C#N)c2)cc1Br. The first-order chi connectivity index (χ1) is 9.13. The molecule has 0 aliphatic carbocycles. The maximum absolute atomic E-state index is 8.94. The third kappa shape index (κ3) is 2.98. The molecule has 0 aliphatic heterocycles. The number of nitrogens with zero attached hydrogens (tertiary/aromatic N) is 1. The molecule has 0 aromatic heterocycles. The largest absolute Gasteiger partial charge is 0.496 e. The number of hydrogen-bond acceptors (Lipinski definition) is 4. The molecule has 0 fully saturated rings. The average molecular weight is 318 g/mol. The van der Waals surface area contributed by atoms with Crippen molar-refractivity contribution < 1.29 is 4.74 Å². The van der Waals surface area contributed by atoms with E-state index in [1.807, 2.05) is 24.3 Å². The molecule has 5 heteroatoms. The predicted octanol–water partition coefficient (Wildman–Crippen LogP) is 3.66. The number of nitriles is 1. The number of methoxy groups -OCH3 is 1.